The fourth-order valence-corrected chi connectivity index (χ4v) is 1.74. The second-order valence-electron chi connectivity index (χ2n) is 4.52. The summed E-state index contributed by atoms with van der Waals surface area (Å²) in [5.41, 5.74) is -1.78. The monoisotopic (exact) mass is 307 g/mol. The molecule has 0 spiro atoms. The van der Waals surface area contributed by atoms with Gasteiger partial charge in [-0.05, 0) is 13.8 Å². The third-order valence-corrected chi connectivity index (χ3v) is 2.97. The van der Waals surface area contributed by atoms with Crippen molar-refractivity contribution in [3.05, 3.63) is 27.7 Å². The number of aromatic hydroxyl groups is 1. The molecule has 2 atom stereocenters. The molecule has 0 fully saturated rings. The predicted octanol–water partition coefficient (Wildman–Crippen LogP) is 0.716. The number of aryl methyl sites for hydroxylation is 1. The number of carbonyl (C=O) groups excluding carboxylic acids is 1. The van der Waals surface area contributed by atoms with E-state index in [9.17, 15) is 27.9 Å². The van der Waals surface area contributed by atoms with Crippen LogP contribution < -0.4 is 16.1 Å². The van der Waals surface area contributed by atoms with Crippen molar-refractivity contribution in [1.29, 1.82) is 0 Å². The molecule has 1 rings (SSSR count). The normalized spacial score (nSPS) is 14.6. The van der Waals surface area contributed by atoms with Gasteiger partial charge in [0.05, 0.1) is 11.7 Å². The number of aromatic amines is 1. The highest BCUT2D eigenvalue weighted by molar-refractivity contribution is 5.81. The van der Waals surface area contributed by atoms with E-state index in [0.717, 1.165) is 6.20 Å². The van der Waals surface area contributed by atoms with Crippen LogP contribution in [0, 0.1) is 6.92 Å². The molecule has 1 amide bonds. The van der Waals surface area contributed by atoms with Crippen molar-refractivity contribution in [2.75, 3.05) is 7.05 Å². The Kier molecular flexibility index (Phi) is 5.00. The van der Waals surface area contributed by atoms with Crippen LogP contribution in [0.5, 0.6) is 5.75 Å². The Morgan fingerprint density at radius 2 is 2.00 bits per heavy atom. The van der Waals surface area contributed by atoms with Crippen LogP contribution in [0.3, 0.4) is 0 Å². The molecule has 0 radical (unpaired) electrons. The van der Waals surface area contributed by atoms with Crippen molar-refractivity contribution in [2.45, 2.75) is 32.1 Å². The smallest absolute Gasteiger partial charge is 0.408 e. The molecule has 1 heterocycles. The Bertz CT molecular complexity index is 583. The lowest BCUT2D eigenvalue weighted by molar-refractivity contribution is -0.160. The first-order valence-electron chi connectivity index (χ1n) is 6.05. The lowest BCUT2D eigenvalue weighted by atomic mass is 10.1. The van der Waals surface area contributed by atoms with E-state index in [4.69, 9.17) is 0 Å². The first kappa shape index (κ1) is 17.0. The minimum atomic E-state index is -4.81. The summed E-state index contributed by atoms with van der Waals surface area (Å²) in [5, 5.41) is 13.7. The number of hydrogen-bond donors (Lipinski definition) is 4. The number of likely N-dealkylation sites (N-methyl/N-ethyl adjacent to an activating group) is 1. The van der Waals surface area contributed by atoms with Crippen molar-refractivity contribution in [3.63, 3.8) is 0 Å². The lowest BCUT2D eigenvalue weighted by Crippen LogP contribution is -2.47. The maximum absolute atomic E-state index is 13.1. The van der Waals surface area contributed by atoms with E-state index >= 15 is 0 Å². The van der Waals surface area contributed by atoms with Gasteiger partial charge in [-0.2, -0.15) is 13.2 Å². The van der Waals surface area contributed by atoms with Crippen molar-refractivity contribution in [3.8, 4) is 5.75 Å². The topological polar surface area (TPSA) is 94.2 Å². The summed E-state index contributed by atoms with van der Waals surface area (Å²) in [5.74, 6) is -1.44. The highest BCUT2D eigenvalue weighted by atomic mass is 19.4. The molecule has 0 unspecified atom stereocenters. The average Bonchev–Trinajstić information content (AvgIpc) is 2.40. The fourth-order valence-electron chi connectivity index (χ4n) is 1.74. The second-order valence-corrected chi connectivity index (χ2v) is 4.52. The van der Waals surface area contributed by atoms with E-state index in [0.29, 0.717) is 0 Å². The van der Waals surface area contributed by atoms with Gasteiger partial charge in [-0.1, -0.05) is 0 Å². The van der Waals surface area contributed by atoms with Gasteiger partial charge >= 0.3 is 6.18 Å². The Morgan fingerprint density at radius 3 is 2.48 bits per heavy atom. The van der Waals surface area contributed by atoms with E-state index in [1.807, 2.05) is 5.32 Å². The number of amides is 1. The standard InChI is InChI=1S/C12H16F3N3O3/c1-5-8(19)9(20)7(4-17-5)10(12(13,14)15)18-6(2)11(21)16-3/h4,6,10,18-19H,1-3H3,(H,16,21)(H,17,20)/t6-,10-/m0/s1. The number of carbonyl (C=O) groups is 1. The van der Waals surface area contributed by atoms with Crippen LogP contribution in [0.25, 0.3) is 0 Å². The molecular weight excluding hydrogens is 291 g/mol. The fraction of sp³-hybridized carbons (Fsp3) is 0.500. The quantitative estimate of drug-likeness (QED) is 0.659. The average molecular weight is 307 g/mol. The maximum atomic E-state index is 13.1. The molecule has 4 N–H and O–H groups in total. The number of halogens is 3. The molecule has 0 saturated carbocycles. The SMILES string of the molecule is CNC(=O)[C@H](C)N[C@@H](c1c[nH]c(C)c(O)c1=O)C(F)(F)F. The van der Waals surface area contributed by atoms with E-state index in [2.05, 4.69) is 10.3 Å². The number of alkyl halides is 3. The van der Waals surface area contributed by atoms with Crippen LogP contribution in [0.4, 0.5) is 13.2 Å². The van der Waals surface area contributed by atoms with Crippen molar-refractivity contribution >= 4 is 5.91 Å². The zero-order valence-corrected chi connectivity index (χ0v) is 11.6. The number of pyridine rings is 1. The summed E-state index contributed by atoms with van der Waals surface area (Å²) in [6, 6.07) is -3.55. The summed E-state index contributed by atoms with van der Waals surface area (Å²) >= 11 is 0. The molecule has 6 nitrogen and oxygen atoms in total. The molecule has 0 aliphatic carbocycles. The summed E-state index contributed by atoms with van der Waals surface area (Å²) in [6.45, 7) is 2.59. The van der Waals surface area contributed by atoms with E-state index in [-0.39, 0.29) is 5.69 Å². The molecule has 21 heavy (non-hydrogen) atoms. The summed E-state index contributed by atoms with van der Waals surface area (Å²) < 4.78 is 39.4. The number of rotatable bonds is 4. The number of H-pyrrole nitrogens is 1. The number of nitrogens with one attached hydrogen (secondary N) is 3. The van der Waals surface area contributed by atoms with Crippen LogP contribution >= 0.6 is 0 Å². The molecule has 118 valence electrons. The summed E-state index contributed by atoms with van der Waals surface area (Å²) in [7, 11) is 1.29. The maximum Gasteiger partial charge on any atom is 0.408 e. The van der Waals surface area contributed by atoms with Crippen LogP contribution in [0.15, 0.2) is 11.0 Å². The molecular formula is C12H16F3N3O3. The molecule has 1 aromatic rings. The van der Waals surface area contributed by atoms with Crippen molar-refractivity contribution < 1.29 is 23.1 Å². The Labute approximate surface area is 118 Å². The third kappa shape index (κ3) is 3.75. The van der Waals surface area contributed by atoms with Crippen molar-refractivity contribution in [1.82, 2.24) is 15.6 Å². The van der Waals surface area contributed by atoms with Crippen LogP contribution in [0.2, 0.25) is 0 Å². The molecule has 0 saturated heterocycles. The highest BCUT2D eigenvalue weighted by Gasteiger charge is 2.43. The first-order valence-corrected chi connectivity index (χ1v) is 6.05. The third-order valence-electron chi connectivity index (χ3n) is 2.97. The van der Waals surface area contributed by atoms with Gasteiger partial charge in [-0.25, -0.2) is 0 Å². The molecule has 0 aromatic carbocycles. The van der Waals surface area contributed by atoms with Gasteiger partial charge < -0.3 is 15.4 Å². The minimum absolute atomic E-state index is 0.0593. The second kappa shape index (κ2) is 6.17. The summed E-state index contributed by atoms with van der Waals surface area (Å²) in [6.07, 6.45) is -3.93. The molecule has 0 bridgehead atoms. The number of aromatic nitrogens is 1. The van der Waals surface area contributed by atoms with Gasteiger partial charge in [0.15, 0.2) is 5.75 Å². The van der Waals surface area contributed by atoms with Crippen LogP contribution in [0.1, 0.15) is 24.2 Å². The number of hydrogen-bond acceptors (Lipinski definition) is 4. The Balaban J connectivity index is 3.25. The van der Waals surface area contributed by atoms with E-state index in [1.54, 1.807) is 0 Å². The van der Waals surface area contributed by atoms with Gasteiger partial charge in [0, 0.05) is 18.8 Å². The highest BCUT2D eigenvalue weighted by Crippen LogP contribution is 2.32. The van der Waals surface area contributed by atoms with E-state index < -0.39 is 40.9 Å². The Morgan fingerprint density at radius 1 is 1.43 bits per heavy atom. The van der Waals surface area contributed by atoms with E-state index in [1.165, 1.54) is 20.9 Å². The predicted molar refractivity (Wildman–Crippen MR) is 68.9 cm³/mol. The van der Waals surface area contributed by atoms with Crippen LogP contribution in [-0.4, -0.2) is 35.3 Å². The summed E-state index contributed by atoms with van der Waals surface area (Å²) in [4.78, 5) is 25.5. The van der Waals surface area contributed by atoms with Gasteiger partial charge in [0.1, 0.15) is 6.04 Å². The molecule has 1 aromatic heterocycles. The lowest BCUT2D eigenvalue weighted by Gasteiger charge is -2.24. The zero-order valence-electron chi connectivity index (χ0n) is 11.6. The molecule has 0 aliphatic rings. The van der Waals surface area contributed by atoms with Gasteiger partial charge in [0.2, 0.25) is 11.3 Å². The van der Waals surface area contributed by atoms with Crippen LogP contribution in [-0.2, 0) is 4.79 Å². The Hall–Kier alpha value is -2.03. The molecule has 9 heteroatoms. The first-order chi connectivity index (χ1) is 9.59. The van der Waals surface area contributed by atoms with Crippen molar-refractivity contribution in [2.24, 2.45) is 0 Å². The minimum Gasteiger partial charge on any atom is -0.503 e. The zero-order chi connectivity index (χ0) is 16.4. The van der Waals surface area contributed by atoms with Gasteiger partial charge in [-0.3, -0.25) is 14.9 Å². The molecule has 0 aliphatic heterocycles. The largest absolute Gasteiger partial charge is 0.503 e. The van der Waals surface area contributed by atoms with Gasteiger partial charge in [-0.15, -0.1) is 0 Å². The van der Waals surface area contributed by atoms with Gasteiger partial charge in [0.25, 0.3) is 0 Å².